The molecular formula is C16H24N2O2S. The Balaban J connectivity index is 1.63. The molecular weight excluding hydrogens is 284 g/mol. The van der Waals surface area contributed by atoms with E-state index < -0.39 is 0 Å². The Morgan fingerprint density at radius 1 is 1.48 bits per heavy atom. The summed E-state index contributed by atoms with van der Waals surface area (Å²) in [5, 5.41) is 2.06. The summed E-state index contributed by atoms with van der Waals surface area (Å²) in [5.41, 5.74) is 6.00. The molecule has 2 heterocycles. The zero-order chi connectivity index (χ0) is 14.7. The van der Waals surface area contributed by atoms with Gasteiger partial charge in [-0.1, -0.05) is 6.07 Å². The number of hydrogen-bond acceptors (Lipinski definition) is 4. The first-order valence-electron chi connectivity index (χ1n) is 7.85. The van der Waals surface area contributed by atoms with E-state index in [1.54, 1.807) is 11.3 Å². The quantitative estimate of drug-likeness (QED) is 0.878. The van der Waals surface area contributed by atoms with E-state index in [1.807, 2.05) is 11.0 Å². The van der Waals surface area contributed by atoms with E-state index in [0.717, 1.165) is 38.7 Å². The van der Waals surface area contributed by atoms with Crippen molar-refractivity contribution in [3.63, 3.8) is 0 Å². The summed E-state index contributed by atoms with van der Waals surface area (Å²) in [4.78, 5) is 15.8. The smallest absolute Gasteiger partial charge is 0.224 e. The lowest BCUT2D eigenvalue weighted by atomic mass is 9.75. The summed E-state index contributed by atoms with van der Waals surface area (Å²) < 4.78 is 5.70. The van der Waals surface area contributed by atoms with Gasteiger partial charge in [-0.2, -0.15) is 0 Å². The number of amides is 1. The van der Waals surface area contributed by atoms with Gasteiger partial charge in [-0.15, -0.1) is 11.3 Å². The van der Waals surface area contributed by atoms with Crippen molar-refractivity contribution in [2.75, 3.05) is 13.2 Å². The largest absolute Gasteiger partial charge is 0.376 e. The van der Waals surface area contributed by atoms with E-state index in [0.29, 0.717) is 19.5 Å². The molecule has 2 fully saturated rings. The van der Waals surface area contributed by atoms with Gasteiger partial charge in [0.2, 0.25) is 5.91 Å². The summed E-state index contributed by atoms with van der Waals surface area (Å²) in [6.07, 6.45) is 5.95. The highest BCUT2D eigenvalue weighted by Gasteiger charge is 2.36. The molecule has 3 rings (SSSR count). The fraction of sp³-hybridized carbons (Fsp3) is 0.688. The Kier molecular flexibility index (Phi) is 4.62. The van der Waals surface area contributed by atoms with Gasteiger partial charge in [-0.25, -0.2) is 0 Å². The molecule has 5 heteroatoms. The minimum absolute atomic E-state index is 0.182. The summed E-state index contributed by atoms with van der Waals surface area (Å²) >= 11 is 1.70. The maximum atomic E-state index is 12.7. The van der Waals surface area contributed by atoms with Crippen LogP contribution in [0, 0.1) is 0 Å². The number of thiophene rings is 1. The van der Waals surface area contributed by atoms with Gasteiger partial charge in [0.15, 0.2) is 0 Å². The molecule has 4 nitrogen and oxygen atoms in total. The third-order valence-corrected chi connectivity index (χ3v) is 5.44. The Morgan fingerprint density at radius 2 is 2.33 bits per heavy atom. The van der Waals surface area contributed by atoms with Gasteiger partial charge in [0.25, 0.3) is 0 Å². The van der Waals surface area contributed by atoms with Crippen LogP contribution in [0.2, 0.25) is 0 Å². The zero-order valence-electron chi connectivity index (χ0n) is 12.4. The van der Waals surface area contributed by atoms with E-state index in [-0.39, 0.29) is 17.6 Å². The predicted molar refractivity (Wildman–Crippen MR) is 84.1 cm³/mol. The second-order valence-electron chi connectivity index (χ2n) is 6.38. The molecule has 0 spiro atoms. The van der Waals surface area contributed by atoms with Gasteiger partial charge < -0.3 is 15.4 Å². The molecule has 2 N–H and O–H groups in total. The van der Waals surface area contributed by atoms with Crippen molar-refractivity contribution in [1.29, 1.82) is 0 Å². The Morgan fingerprint density at radius 3 is 2.90 bits per heavy atom. The Labute approximate surface area is 130 Å². The molecule has 0 bridgehead atoms. The lowest BCUT2D eigenvalue weighted by Gasteiger charge is -2.39. The second kappa shape index (κ2) is 6.46. The molecule has 1 aliphatic carbocycles. The van der Waals surface area contributed by atoms with E-state index >= 15 is 0 Å². The van der Waals surface area contributed by atoms with Crippen LogP contribution >= 0.6 is 11.3 Å². The summed E-state index contributed by atoms with van der Waals surface area (Å²) in [6, 6.07) is 4.12. The molecule has 1 unspecified atom stereocenters. The fourth-order valence-corrected chi connectivity index (χ4v) is 3.82. The van der Waals surface area contributed by atoms with Crippen LogP contribution in [0.25, 0.3) is 0 Å². The Hall–Kier alpha value is -0.910. The summed E-state index contributed by atoms with van der Waals surface area (Å²) in [5.74, 6) is 0.182. The minimum atomic E-state index is -0.249. The molecule has 0 aromatic carbocycles. The van der Waals surface area contributed by atoms with Gasteiger partial charge >= 0.3 is 0 Å². The van der Waals surface area contributed by atoms with Crippen molar-refractivity contribution >= 4 is 17.2 Å². The van der Waals surface area contributed by atoms with Crippen LogP contribution in [0.1, 0.15) is 43.4 Å². The van der Waals surface area contributed by atoms with Gasteiger partial charge in [-0.05, 0) is 43.6 Å². The average molecular weight is 308 g/mol. The van der Waals surface area contributed by atoms with Crippen LogP contribution in [0.4, 0.5) is 0 Å². The lowest BCUT2D eigenvalue weighted by Crippen LogP contribution is -2.51. The molecule has 1 atom stereocenters. The van der Waals surface area contributed by atoms with Gasteiger partial charge in [-0.3, -0.25) is 4.79 Å². The third-order valence-electron chi connectivity index (χ3n) is 4.58. The number of nitrogens with zero attached hydrogens (tertiary/aromatic N) is 1. The van der Waals surface area contributed by atoms with Gasteiger partial charge in [0, 0.05) is 30.0 Å². The van der Waals surface area contributed by atoms with Crippen LogP contribution in [-0.4, -0.2) is 35.6 Å². The average Bonchev–Trinajstić information content (AvgIpc) is 3.09. The van der Waals surface area contributed by atoms with E-state index in [9.17, 15) is 4.79 Å². The van der Waals surface area contributed by atoms with Crippen molar-refractivity contribution in [3.8, 4) is 0 Å². The molecule has 1 amide bonds. The molecule has 21 heavy (non-hydrogen) atoms. The molecule has 1 aliphatic heterocycles. The highest BCUT2D eigenvalue weighted by atomic mass is 32.1. The first-order chi connectivity index (χ1) is 10.1. The Bertz CT molecular complexity index is 465. The molecule has 1 aromatic heterocycles. The summed E-state index contributed by atoms with van der Waals surface area (Å²) in [6.45, 7) is 2.21. The molecule has 116 valence electrons. The molecule has 1 saturated heterocycles. The number of ether oxygens (including phenoxy) is 1. The minimum Gasteiger partial charge on any atom is -0.376 e. The van der Waals surface area contributed by atoms with Crippen molar-refractivity contribution in [2.24, 2.45) is 5.73 Å². The van der Waals surface area contributed by atoms with Gasteiger partial charge in [0.1, 0.15) is 0 Å². The number of rotatable bonds is 6. The van der Waals surface area contributed by atoms with Crippen molar-refractivity contribution in [2.45, 2.75) is 56.7 Å². The fourth-order valence-electron chi connectivity index (χ4n) is 3.10. The van der Waals surface area contributed by atoms with Crippen molar-refractivity contribution < 1.29 is 9.53 Å². The number of hydrogen-bond donors (Lipinski definition) is 1. The second-order valence-corrected chi connectivity index (χ2v) is 7.41. The van der Waals surface area contributed by atoms with Crippen LogP contribution in [0.3, 0.4) is 0 Å². The number of carbonyl (C=O) groups is 1. The predicted octanol–water partition coefficient (Wildman–Crippen LogP) is 2.53. The molecule has 1 saturated carbocycles. The third kappa shape index (κ3) is 3.84. The highest BCUT2D eigenvalue weighted by molar-refractivity contribution is 7.09. The molecule has 1 aromatic rings. The van der Waals surface area contributed by atoms with Crippen molar-refractivity contribution in [1.82, 2.24) is 4.90 Å². The molecule has 2 aliphatic rings. The first-order valence-corrected chi connectivity index (χ1v) is 8.73. The van der Waals surface area contributed by atoms with Crippen LogP contribution < -0.4 is 5.73 Å². The molecule has 0 radical (unpaired) electrons. The maximum absolute atomic E-state index is 12.7. The topological polar surface area (TPSA) is 55.6 Å². The van der Waals surface area contributed by atoms with E-state index in [2.05, 4.69) is 11.4 Å². The first kappa shape index (κ1) is 15.0. The SMILES string of the molecule is NC1(CC(=O)N(Cc2cccs2)CC2CCCO2)CCC1. The van der Waals surface area contributed by atoms with Crippen LogP contribution in [-0.2, 0) is 16.1 Å². The maximum Gasteiger partial charge on any atom is 0.224 e. The summed E-state index contributed by atoms with van der Waals surface area (Å²) in [7, 11) is 0. The standard InChI is InChI=1S/C16H24N2O2S/c17-16(6-3-7-16)10-15(19)18(11-13-4-1-8-20-13)12-14-5-2-9-21-14/h2,5,9,13H,1,3-4,6-8,10-12,17H2. The van der Waals surface area contributed by atoms with Crippen LogP contribution in [0.5, 0.6) is 0 Å². The zero-order valence-corrected chi connectivity index (χ0v) is 13.2. The van der Waals surface area contributed by atoms with Crippen molar-refractivity contribution in [3.05, 3.63) is 22.4 Å². The normalized spacial score (nSPS) is 23.8. The van der Waals surface area contributed by atoms with Gasteiger partial charge in [0.05, 0.1) is 12.6 Å². The highest BCUT2D eigenvalue weighted by Crippen LogP contribution is 2.33. The number of carbonyl (C=O) groups excluding carboxylic acids is 1. The number of nitrogens with two attached hydrogens (primary N) is 1. The van der Waals surface area contributed by atoms with E-state index in [4.69, 9.17) is 10.5 Å². The lowest BCUT2D eigenvalue weighted by molar-refractivity contribution is -0.135. The van der Waals surface area contributed by atoms with Crippen LogP contribution in [0.15, 0.2) is 17.5 Å². The van der Waals surface area contributed by atoms with E-state index in [1.165, 1.54) is 4.88 Å². The monoisotopic (exact) mass is 308 g/mol.